The normalized spacial score (nSPS) is 15.1. The molecule has 1 aliphatic heterocycles. The minimum Gasteiger partial charge on any atom is -0.354 e. The minimum absolute atomic E-state index is 0.0132. The molecule has 20 heavy (non-hydrogen) atoms. The Hall–Kier alpha value is -1.88. The number of nitrogens with zero attached hydrogens (tertiary/aromatic N) is 1. The molecular formula is C15H21N3O2. The van der Waals surface area contributed by atoms with Crippen molar-refractivity contribution in [2.75, 3.05) is 31.6 Å². The molecule has 0 saturated carbocycles. The van der Waals surface area contributed by atoms with Gasteiger partial charge in [-0.1, -0.05) is 25.1 Å². The van der Waals surface area contributed by atoms with Crippen molar-refractivity contribution in [3.8, 4) is 0 Å². The van der Waals surface area contributed by atoms with E-state index in [1.54, 1.807) is 4.90 Å². The third-order valence-corrected chi connectivity index (χ3v) is 3.52. The van der Waals surface area contributed by atoms with Gasteiger partial charge in [0.15, 0.2) is 0 Å². The molecule has 0 aliphatic carbocycles. The third kappa shape index (κ3) is 3.17. The van der Waals surface area contributed by atoms with E-state index in [-0.39, 0.29) is 17.7 Å². The van der Waals surface area contributed by atoms with E-state index >= 15 is 0 Å². The Balaban J connectivity index is 1.86. The highest BCUT2D eigenvalue weighted by atomic mass is 16.2. The Morgan fingerprint density at radius 1 is 1.40 bits per heavy atom. The van der Waals surface area contributed by atoms with Crippen molar-refractivity contribution >= 4 is 17.5 Å². The fourth-order valence-corrected chi connectivity index (χ4v) is 2.43. The lowest BCUT2D eigenvalue weighted by atomic mass is 10.1. The SMILES string of the molecule is CNCC(C)C(=O)NCCN1C(=O)Cc2ccccc21. The molecule has 1 aliphatic rings. The first kappa shape index (κ1) is 14.5. The third-order valence-electron chi connectivity index (χ3n) is 3.52. The standard InChI is InChI=1S/C15H21N3O2/c1-11(10-16-2)15(20)17-7-8-18-13-6-4-3-5-12(13)9-14(18)19/h3-6,11,16H,7-10H2,1-2H3,(H,17,20). The fourth-order valence-electron chi connectivity index (χ4n) is 2.43. The minimum atomic E-state index is -0.0680. The van der Waals surface area contributed by atoms with Crippen molar-refractivity contribution in [1.29, 1.82) is 0 Å². The number of hydrogen-bond acceptors (Lipinski definition) is 3. The Kier molecular flexibility index (Phi) is 4.74. The zero-order valence-electron chi connectivity index (χ0n) is 12.0. The van der Waals surface area contributed by atoms with Crippen molar-refractivity contribution in [3.05, 3.63) is 29.8 Å². The van der Waals surface area contributed by atoms with Crippen LogP contribution in [0.25, 0.3) is 0 Å². The molecule has 0 saturated heterocycles. The molecule has 0 bridgehead atoms. The molecule has 0 radical (unpaired) electrons. The first-order chi connectivity index (χ1) is 9.63. The highest BCUT2D eigenvalue weighted by Gasteiger charge is 2.26. The van der Waals surface area contributed by atoms with Crippen LogP contribution in [0.4, 0.5) is 5.69 Å². The van der Waals surface area contributed by atoms with Crippen LogP contribution in [0.5, 0.6) is 0 Å². The van der Waals surface area contributed by atoms with Gasteiger partial charge in [0.05, 0.1) is 6.42 Å². The van der Waals surface area contributed by atoms with Gasteiger partial charge in [0.2, 0.25) is 11.8 Å². The van der Waals surface area contributed by atoms with E-state index in [9.17, 15) is 9.59 Å². The second-order valence-electron chi connectivity index (χ2n) is 5.10. The quantitative estimate of drug-likeness (QED) is 0.797. The van der Waals surface area contributed by atoms with E-state index in [1.165, 1.54) is 0 Å². The summed E-state index contributed by atoms with van der Waals surface area (Å²) in [7, 11) is 1.82. The molecule has 108 valence electrons. The monoisotopic (exact) mass is 275 g/mol. The van der Waals surface area contributed by atoms with Gasteiger partial charge < -0.3 is 15.5 Å². The average molecular weight is 275 g/mol. The fraction of sp³-hybridized carbons (Fsp3) is 0.467. The number of rotatable bonds is 6. The predicted molar refractivity (Wildman–Crippen MR) is 78.6 cm³/mol. The first-order valence-electron chi connectivity index (χ1n) is 6.94. The van der Waals surface area contributed by atoms with Gasteiger partial charge in [-0.25, -0.2) is 0 Å². The number of fused-ring (bicyclic) bond motifs is 1. The zero-order chi connectivity index (χ0) is 14.5. The highest BCUT2D eigenvalue weighted by Crippen LogP contribution is 2.27. The molecule has 0 spiro atoms. The molecule has 1 aromatic rings. The van der Waals surface area contributed by atoms with Gasteiger partial charge in [0.1, 0.15) is 0 Å². The number of benzene rings is 1. The lowest BCUT2D eigenvalue weighted by Crippen LogP contribution is -2.40. The van der Waals surface area contributed by atoms with Crippen LogP contribution in [0, 0.1) is 5.92 Å². The van der Waals surface area contributed by atoms with E-state index in [2.05, 4.69) is 10.6 Å². The second-order valence-corrected chi connectivity index (χ2v) is 5.10. The maximum absolute atomic E-state index is 11.9. The number of anilines is 1. The summed E-state index contributed by atoms with van der Waals surface area (Å²) in [4.78, 5) is 25.5. The zero-order valence-corrected chi connectivity index (χ0v) is 12.0. The van der Waals surface area contributed by atoms with Crippen LogP contribution in [0.3, 0.4) is 0 Å². The molecular weight excluding hydrogens is 254 g/mol. The summed E-state index contributed by atoms with van der Waals surface area (Å²) in [5, 5.41) is 5.85. The topological polar surface area (TPSA) is 61.4 Å². The second kappa shape index (κ2) is 6.52. The Morgan fingerprint density at radius 2 is 2.15 bits per heavy atom. The van der Waals surface area contributed by atoms with E-state index < -0.39 is 0 Å². The summed E-state index contributed by atoms with van der Waals surface area (Å²) in [5.41, 5.74) is 2.03. The smallest absolute Gasteiger partial charge is 0.231 e. The van der Waals surface area contributed by atoms with Crippen LogP contribution in [0.2, 0.25) is 0 Å². The summed E-state index contributed by atoms with van der Waals surface area (Å²) in [6, 6.07) is 7.79. The molecule has 2 N–H and O–H groups in total. The molecule has 5 nitrogen and oxygen atoms in total. The van der Waals surface area contributed by atoms with Crippen LogP contribution in [-0.4, -0.2) is 38.5 Å². The number of carbonyl (C=O) groups excluding carboxylic acids is 2. The molecule has 1 heterocycles. The van der Waals surface area contributed by atoms with Gasteiger partial charge in [0, 0.05) is 31.2 Å². The molecule has 0 aromatic heterocycles. The lowest BCUT2D eigenvalue weighted by molar-refractivity contribution is -0.124. The van der Waals surface area contributed by atoms with Crippen LogP contribution in [0.1, 0.15) is 12.5 Å². The van der Waals surface area contributed by atoms with Gasteiger partial charge in [-0.3, -0.25) is 9.59 Å². The van der Waals surface area contributed by atoms with E-state index in [0.29, 0.717) is 26.1 Å². The molecule has 5 heteroatoms. The summed E-state index contributed by atoms with van der Waals surface area (Å²) >= 11 is 0. The maximum Gasteiger partial charge on any atom is 0.231 e. The molecule has 2 amide bonds. The first-order valence-corrected chi connectivity index (χ1v) is 6.94. The number of carbonyl (C=O) groups is 2. The van der Waals surface area contributed by atoms with Gasteiger partial charge in [-0.15, -0.1) is 0 Å². The predicted octanol–water partition coefficient (Wildman–Crippen LogP) is 0.547. The van der Waals surface area contributed by atoms with Crippen LogP contribution in [0.15, 0.2) is 24.3 Å². The number of para-hydroxylation sites is 1. The molecule has 1 unspecified atom stereocenters. The number of amides is 2. The van der Waals surface area contributed by atoms with Crippen LogP contribution >= 0.6 is 0 Å². The maximum atomic E-state index is 11.9. The molecule has 2 rings (SSSR count). The van der Waals surface area contributed by atoms with Crippen molar-refractivity contribution in [3.63, 3.8) is 0 Å². The molecule has 0 fully saturated rings. The van der Waals surface area contributed by atoms with Gasteiger partial charge in [-0.2, -0.15) is 0 Å². The summed E-state index contributed by atoms with van der Waals surface area (Å²) in [6.45, 7) is 3.53. The Bertz CT molecular complexity index is 502. The van der Waals surface area contributed by atoms with Crippen molar-refractivity contribution in [2.45, 2.75) is 13.3 Å². The number of nitrogens with one attached hydrogen (secondary N) is 2. The highest BCUT2D eigenvalue weighted by molar-refractivity contribution is 6.01. The van der Waals surface area contributed by atoms with E-state index in [4.69, 9.17) is 0 Å². The average Bonchev–Trinajstić information content (AvgIpc) is 2.75. The Morgan fingerprint density at radius 3 is 2.90 bits per heavy atom. The van der Waals surface area contributed by atoms with Crippen LogP contribution < -0.4 is 15.5 Å². The van der Waals surface area contributed by atoms with Gasteiger partial charge in [-0.05, 0) is 18.7 Å². The summed E-state index contributed by atoms with van der Waals surface area (Å²) in [6.07, 6.45) is 0.459. The van der Waals surface area contributed by atoms with E-state index in [1.807, 2.05) is 38.2 Å². The van der Waals surface area contributed by atoms with Crippen molar-refractivity contribution < 1.29 is 9.59 Å². The lowest BCUT2D eigenvalue weighted by Gasteiger charge is -2.18. The number of hydrogen-bond donors (Lipinski definition) is 2. The van der Waals surface area contributed by atoms with Crippen LogP contribution in [-0.2, 0) is 16.0 Å². The van der Waals surface area contributed by atoms with E-state index in [0.717, 1.165) is 11.3 Å². The van der Waals surface area contributed by atoms with Gasteiger partial charge >= 0.3 is 0 Å². The van der Waals surface area contributed by atoms with Crippen molar-refractivity contribution in [1.82, 2.24) is 10.6 Å². The summed E-state index contributed by atoms with van der Waals surface area (Å²) < 4.78 is 0. The molecule has 1 aromatic carbocycles. The Labute approximate surface area is 119 Å². The van der Waals surface area contributed by atoms with Crippen molar-refractivity contribution in [2.24, 2.45) is 5.92 Å². The molecule has 1 atom stereocenters. The largest absolute Gasteiger partial charge is 0.354 e. The summed E-state index contributed by atoms with van der Waals surface area (Å²) in [5.74, 6) is 0.0459. The van der Waals surface area contributed by atoms with Gasteiger partial charge in [0.25, 0.3) is 0 Å².